The largest absolute Gasteiger partial charge is 0.495 e. The molecule has 0 spiro atoms. The van der Waals surface area contributed by atoms with Crippen LogP contribution in [0.25, 0.3) is 0 Å². The smallest absolute Gasteiger partial charge is 0.286 e. The van der Waals surface area contributed by atoms with E-state index in [2.05, 4.69) is 26.1 Å². The number of aromatic nitrogens is 2. The summed E-state index contributed by atoms with van der Waals surface area (Å²) in [7, 11) is 1.56. The number of hydrogen-bond donors (Lipinski definition) is 4. The summed E-state index contributed by atoms with van der Waals surface area (Å²) in [6, 6.07) is 13.8. The molecule has 2 amide bonds. The Morgan fingerprint density at radius 1 is 1.00 bits per heavy atom. The van der Waals surface area contributed by atoms with E-state index >= 15 is 0 Å². The Kier molecular flexibility index (Phi) is 5.14. The highest BCUT2D eigenvalue weighted by molar-refractivity contribution is 6.01. The maximum absolute atomic E-state index is 12.4. The lowest BCUT2D eigenvalue weighted by Crippen LogP contribution is -2.42. The van der Waals surface area contributed by atoms with Crippen molar-refractivity contribution in [3.05, 3.63) is 72.2 Å². The lowest BCUT2D eigenvalue weighted by atomic mass is 10.2. The molecule has 0 aliphatic rings. The van der Waals surface area contributed by atoms with Gasteiger partial charge >= 0.3 is 0 Å². The number of nitrogens with one attached hydrogen (secondary N) is 4. The molecular weight excluding hydrogens is 334 g/mol. The van der Waals surface area contributed by atoms with Crippen molar-refractivity contribution in [2.24, 2.45) is 0 Å². The minimum absolute atomic E-state index is 0.269. The predicted octanol–water partition coefficient (Wildman–Crippen LogP) is 2.24. The molecule has 3 rings (SSSR count). The number of pyridine rings is 1. The van der Waals surface area contributed by atoms with Crippen molar-refractivity contribution < 1.29 is 14.3 Å². The monoisotopic (exact) mass is 351 g/mol. The molecule has 4 N–H and O–H groups in total. The van der Waals surface area contributed by atoms with Crippen LogP contribution in [0.1, 0.15) is 20.8 Å². The fourth-order valence-corrected chi connectivity index (χ4v) is 2.28. The molecule has 132 valence electrons. The van der Waals surface area contributed by atoms with Crippen molar-refractivity contribution in [2.45, 2.75) is 0 Å². The first-order chi connectivity index (χ1) is 12.7. The van der Waals surface area contributed by atoms with Crippen LogP contribution in [0.4, 0.5) is 11.5 Å². The Bertz CT molecular complexity index is 909. The average Bonchev–Trinajstić information content (AvgIpc) is 3.21. The van der Waals surface area contributed by atoms with E-state index in [9.17, 15) is 9.59 Å². The molecule has 8 nitrogen and oxygen atoms in total. The fourth-order valence-electron chi connectivity index (χ4n) is 2.28. The normalized spacial score (nSPS) is 10.0. The van der Waals surface area contributed by atoms with Gasteiger partial charge in [0.1, 0.15) is 17.3 Å². The highest BCUT2D eigenvalue weighted by Gasteiger charge is 2.15. The topological polar surface area (TPSA) is 108 Å². The summed E-state index contributed by atoms with van der Waals surface area (Å²) in [4.78, 5) is 31.3. The number of hydrogen-bond acceptors (Lipinski definition) is 5. The molecule has 8 heteroatoms. The third-order valence-corrected chi connectivity index (χ3v) is 3.54. The Balaban J connectivity index is 1.74. The maximum atomic E-state index is 12.4. The molecule has 0 aliphatic heterocycles. The van der Waals surface area contributed by atoms with E-state index in [1.807, 2.05) is 18.2 Å². The van der Waals surface area contributed by atoms with Gasteiger partial charge in [0.2, 0.25) is 0 Å². The van der Waals surface area contributed by atoms with Gasteiger partial charge in [-0.05, 0) is 36.4 Å². The Morgan fingerprint density at radius 2 is 1.81 bits per heavy atom. The number of rotatable bonds is 5. The number of para-hydroxylation sites is 2. The standard InChI is InChI=1S/C18H17N5O3/c1-26-15-9-3-2-7-13(15)21-16-12(6-4-11-20-16)17(24)22-23-18(25)14-8-5-10-19-14/h2-11,19H,1H3,(H,20,21)(H,22,24)(H,23,25). The van der Waals surface area contributed by atoms with Crippen LogP contribution in [0.5, 0.6) is 5.75 Å². The number of carbonyl (C=O) groups excluding carboxylic acids is 2. The summed E-state index contributed by atoms with van der Waals surface area (Å²) in [6.45, 7) is 0. The van der Waals surface area contributed by atoms with Crippen LogP contribution in [0.2, 0.25) is 0 Å². The van der Waals surface area contributed by atoms with Gasteiger partial charge < -0.3 is 15.0 Å². The van der Waals surface area contributed by atoms with E-state index in [-0.39, 0.29) is 5.56 Å². The molecule has 2 aromatic heterocycles. The van der Waals surface area contributed by atoms with Crippen molar-refractivity contribution >= 4 is 23.3 Å². The van der Waals surface area contributed by atoms with Crippen LogP contribution in [-0.2, 0) is 0 Å². The number of methoxy groups -OCH3 is 1. The number of ether oxygens (including phenoxy) is 1. The molecule has 3 aromatic rings. The summed E-state index contributed by atoms with van der Waals surface area (Å²) in [5, 5.41) is 3.07. The van der Waals surface area contributed by atoms with Crippen LogP contribution in [0, 0.1) is 0 Å². The zero-order valence-corrected chi connectivity index (χ0v) is 13.9. The Labute approximate surface area is 149 Å². The van der Waals surface area contributed by atoms with Gasteiger partial charge in [-0.15, -0.1) is 0 Å². The van der Waals surface area contributed by atoms with Crippen LogP contribution in [-0.4, -0.2) is 28.9 Å². The maximum Gasteiger partial charge on any atom is 0.286 e. The molecule has 0 bridgehead atoms. The van der Waals surface area contributed by atoms with E-state index in [1.165, 1.54) is 0 Å². The second-order valence-corrected chi connectivity index (χ2v) is 5.22. The van der Waals surface area contributed by atoms with Crippen LogP contribution in [0.15, 0.2) is 60.9 Å². The quantitative estimate of drug-likeness (QED) is 0.527. The zero-order valence-electron chi connectivity index (χ0n) is 13.9. The van der Waals surface area contributed by atoms with Crippen LogP contribution >= 0.6 is 0 Å². The van der Waals surface area contributed by atoms with Gasteiger partial charge in [-0.25, -0.2) is 4.98 Å². The molecule has 0 saturated heterocycles. The van der Waals surface area contributed by atoms with Gasteiger partial charge in [0, 0.05) is 12.4 Å². The number of amides is 2. The first-order valence-corrected chi connectivity index (χ1v) is 7.78. The first-order valence-electron chi connectivity index (χ1n) is 7.78. The summed E-state index contributed by atoms with van der Waals surface area (Å²) >= 11 is 0. The van der Waals surface area contributed by atoms with Gasteiger partial charge in [0.15, 0.2) is 0 Å². The molecule has 2 heterocycles. The van der Waals surface area contributed by atoms with E-state index in [0.717, 1.165) is 0 Å². The van der Waals surface area contributed by atoms with Crippen molar-refractivity contribution in [3.63, 3.8) is 0 Å². The van der Waals surface area contributed by atoms with Gasteiger partial charge in [0.25, 0.3) is 11.8 Å². The predicted molar refractivity (Wildman–Crippen MR) is 96.2 cm³/mol. The molecular formula is C18H17N5O3. The number of hydrazine groups is 1. The molecule has 0 unspecified atom stereocenters. The summed E-state index contributed by atoms with van der Waals surface area (Å²) in [5.74, 6) is -0.00457. The number of anilines is 2. The van der Waals surface area contributed by atoms with E-state index in [1.54, 1.807) is 49.8 Å². The van der Waals surface area contributed by atoms with E-state index < -0.39 is 11.8 Å². The molecule has 0 radical (unpaired) electrons. The minimum atomic E-state index is -0.504. The molecule has 0 fully saturated rings. The van der Waals surface area contributed by atoms with Gasteiger partial charge in [-0.2, -0.15) is 0 Å². The van der Waals surface area contributed by atoms with E-state index in [4.69, 9.17) is 4.74 Å². The molecule has 0 aliphatic carbocycles. The average molecular weight is 351 g/mol. The SMILES string of the molecule is COc1ccccc1Nc1ncccc1C(=O)NNC(=O)c1ccc[nH]1. The van der Waals surface area contributed by atoms with Crippen molar-refractivity contribution in [1.29, 1.82) is 0 Å². The third-order valence-electron chi connectivity index (χ3n) is 3.54. The highest BCUT2D eigenvalue weighted by Crippen LogP contribution is 2.27. The third kappa shape index (κ3) is 3.81. The Morgan fingerprint density at radius 3 is 2.58 bits per heavy atom. The molecule has 26 heavy (non-hydrogen) atoms. The summed E-state index contributed by atoms with van der Waals surface area (Å²) in [5.41, 5.74) is 5.99. The van der Waals surface area contributed by atoms with Crippen molar-refractivity contribution in [2.75, 3.05) is 12.4 Å². The summed E-state index contributed by atoms with van der Waals surface area (Å²) in [6.07, 6.45) is 3.18. The van der Waals surface area contributed by atoms with Crippen LogP contribution < -0.4 is 20.9 Å². The van der Waals surface area contributed by atoms with Gasteiger partial charge in [-0.3, -0.25) is 20.4 Å². The number of nitrogens with zero attached hydrogens (tertiary/aromatic N) is 1. The first kappa shape index (κ1) is 17.0. The number of aromatic amines is 1. The lowest BCUT2D eigenvalue weighted by molar-refractivity contribution is 0.0844. The number of carbonyl (C=O) groups is 2. The van der Waals surface area contributed by atoms with E-state index in [0.29, 0.717) is 22.9 Å². The number of benzene rings is 1. The lowest BCUT2D eigenvalue weighted by Gasteiger charge is -2.13. The van der Waals surface area contributed by atoms with Crippen molar-refractivity contribution in [3.8, 4) is 5.75 Å². The highest BCUT2D eigenvalue weighted by atomic mass is 16.5. The zero-order chi connectivity index (χ0) is 18.4. The van der Waals surface area contributed by atoms with Gasteiger partial charge in [-0.1, -0.05) is 12.1 Å². The van der Waals surface area contributed by atoms with Crippen LogP contribution in [0.3, 0.4) is 0 Å². The van der Waals surface area contributed by atoms with Gasteiger partial charge in [0.05, 0.1) is 18.4 Å². The molecule has 0 saturated carbocycles. The Hall–Kier alpha value is -3.81. The summed E-state index contributed by atoms with van der Waals surface area (Å²) < 4.78 is 5.29. The van der Waals surface area contributed by atoms with Crippen molar-refractivity contribution in [1.82, 2.24) is 20.8 Å². The second kappa shape index (κ2) is 7.84. The molecule has 1 aromatic carbocycles. The number of H-pyrrole nitrogens is 1. The minimum Gasteiger partial charge on any atom is -0.495 e. The fraction of sp³-hybridized carbons (Fsp3) is 0.0556. The molecule has 0 atom stereocenters. The second-order valence-electron chi connectivity index (χ2n) is 5.22.